The van der Waals surface area contributed by atoms with Gasteiger partial charge in [0.25, 0.3) is 0 Å². The number of carbonyl (C=O) groups is 1. The Kier molecular flexibility index (Phi) is 2.73. The van der Waals surface area contributed by atoms with E-state index in [1.54, 1.807) is 6.07 Å². The maximum absolute atomic E-state index is 11.6. The lowest BCUT2D eigenvalue weighted by Crippen LogP contribution is -2.11. The Morgan fingerprint density at radius 3 is 2.41 bits per heavy atom. The van der Waals surface area contributed by atoms with Crippen LogP contribution in [-0.4, -0.2) is 10.5 Å². The van der Waals surface area contributed by atoms with Gasteiger partial charge in [0.2, 0.25) is 5.91 Å². The SMILES string of the molecule is NC(=O)c1cccc2cc3cc(-n4cccc4)ccc3cc12. The molecule has 4 rings (SSSR count). The molecule has 0 saturated heterocycles. The van der Waals surface area contributed by atoms with Crippen molar-refractivity contribution in [3.8, 4) is 5.69 Å². The molecule has 0 bridgehead atoms. The molecule has 0 aliphatic heterocycles. The summed E-state index contributed by atoms with van der Waals surface area (Å²) in [5.74, 6) is -0.395. The van der Waals surface area contributed by atoms with Gasteiger partial charge in [-0.1, -0.05) is 18.2 Å². The third-order valence-electron chi connectivity index (χ3n) is 3.99. The van der Waals surface area contributed by atoms with E-state index in [2.05, 4.69) is 28.8 Å². The van der Waals surface area contributed by atoms with Crippen molar-refractivity contribution in [3.05, 3.63) is 78.6 Å². The van der Waals surface area contributed by atoms with E-state index in [1.165, 1.54) is 0 Å². The highest BCUT2D eigenvalue weighted by Crippen LogP contribution is 2.27. The molecule has 0 aliphatic carbocycles. The molecular formula is C19H14N2O. The van der Waals surface area contributed by atoms with E-state index in [-0.39, 0.29) is 0 Å². The largest absolute Gasteiger partial charge is 0.366 e. The second kappa shape index (κ2) is 4.74. The first kappa shape index (κ1) is 12.7. The van der Waals surface area contributed by atoms with Gasteiger partial charge < -0.3 is 10.3 Å². The molecule has 4 aromatic rings. The summed E-state index contributed by atoms with van der Waals surface area (Å²) in [6, 6.07) is 20.1. The maximum Gasteiger partial charge on any atom is 0.249 e. The van der Waals surface area contributed by atoms with Gasteiger partial charge in [-0.3, -0.25) is 4.79 Å². The number of benzene rings is 3. The molecule has 0 fully saturated rings. The van der Waals surface area contributed by atoms with Gasteiger partial charge >= 0.3 is 0 Å². The Bertz CT molecular complexity index is 1000. The Morgan fingerprint density at radius 2 is 1.64 bits per heavy atom. The summed E-state index contributed by atoms with van der Waals surface area (Å²) in [4.78, 5) is 11.6. The lowest BCUT2D eigenvalue weighted by atomic mass is 9.99. The van der Waals surface area contributed by atoms with Crippen molar-refractivity contribution < 1.29 is 4.79 Å². The van der Waals surface area contributed by atoms with Crippen LogP contribution in [0.15, 0.2) is 73.1 Å². The molecule has 1 aromatic heterocycles. The molecule has 1 amide bonds. The fourth-order valence-corrected chi connectivity index (χ4v) is 2.89. The molecule has 0 saturated carbocycles. The summed E-state index contributed by atoms with van der Waals surface area (Å²) in [5.41, 5.74) is 7.15. The number of carbonyl (C=O) groups excluding carboxylic acids is 1. The highest BCUT2D eigenvalue weighted by Gasteiger charge is 2.08. The van der Waals surface area contributed by atoms with Crippen LogP contribution < -0.4 is 5.73 Å². The number of fused-ring (bicyclic) bond motifs is 2. The number of nitrogens with zero attached hydrogens (tertiary/aromatic N) is 1. The summed E-state index contributed by atoms with van der Waals surface area (Å²) in [6.45, 7) is 0. The average molecular weight is 286 g/mol. The number of nitrogens with two attached hydrogens (primary N) is 1. The number of hydrogen-bond acceptors (Lipinski definition) is 1. The topological polar surface area (TPSA) is 48.0 Å². The summed E-state index contributed by atoms with van der Waals surface area (Å²) >= 11 is 0. The van der Waals surface area contributed by atoms with Crippen molar-refractivity contribution in [2.75, 3.05) is 0 Å². The third kappa shape index (κ3) is 1.95. The van der Waals surface area contributed by atoms with Gasteiger partial charge in [0.1, 0.15) is 0 Å². The van der Waals surface area contributed by atoms with Crippen molar-refractivity contribution in [1.82, 2.24) is 4.57 Å². The van der Waals surface area contributed by atoms with Crippen molar-refractivity contribution in [1.29, 1.82) is 0 Å². The zero-order valence-corrected chi connectivity index (χ0v) is 11.9. The average Bonchev–Trinajstić information content (AvgIpc) is 3.06. The summed E-state index contributed by atoms with van der Waals surface area (Å²) in [7, 11) is 0. The van der Waals surface area contributed by atoms with Gasteiger partial charge in [-0.05, 0) is 64.0 Å². The second-order valence-electron chi connectivity index (χ2n) is 5.36. The lowest BCUT2D eigenvalue weighted by Gasteiger charge is -2.08. The molecule has 3 aromatic carbocycles. The quantitative estimate of drug-likeness (QED) is 0.558. The normalized spacial score (nSPS) is 11.1. The number of rotatable bonds is 2. The molecule has 0 atom stereocenters. The van der Waals surface area contributed by atoms with Gasteiger partial charge in [0.05, 0.1) is 0 Å². The van der Waals surface area contributed by atoms with Crippen LogP contribution in [0.5, 0.6) is 0 Å². The number of primary amides is 1. The highest BCUT2D eigenvalue weighted by atomic mass is 16.1. The first-order chi connectivity index (χ1) is 10.7. The Balaban J connectivity index is 1.99. The Labute approximate surface area is 127 Å². The zero-order valence-electron chi connectivity index (χ0n) is 11.9. The van der Waals surface area contributed by atoms with Crippen molar-refractivity contribution >= 4 is 27.5 Å². The molecule has 0 aliphatic rings. The van der Waals surface area contributed by atoms with Gasteiger partial charge in [-0.25, -0.2) is 0 Å². The predicted octanol–water partition coefficient (Wildman–Crippen LogP) is 3.88. The molecule has 1 heterocycles. The van der Waals surface area contributed by atoms with E-state index in [9.17, 15) is 4.79 Å². The van der Waals surface area contributed by atoms with E-state index in [4.69, 9.17) is 5.73 Å². The lowest BCUT2D eigenvalue weighted by molar-refractivity contribution is 0.100. The van der Waals surface area contributed by atoms with Gasteiger partial charge in [-0.15, -0.1) is 0 Å². The van der Waals surface area contributed by atoms with Crippen LogP contribution in [0.4, 0.5) is 0 Å². The minimum Gasteiger partial charge on any atom is -0.366 e. The van der Waals surface area contributed by atoms with Gasteiger partial charge in [0, 0.05) is 23.6 Å². The second-order valence-corrected chi connectivity index (χ2v) is 5.36. The molecule has 3 nitrogen and oxygen atoms in total. The Morgan fingerprint density at radius 1 is 0.818 bits per heavy atom. The van der Waals surface area contributed by atoms with Crippen LogP contribution in [0.3, 0.4) is 0 Å². The minimum absolute atomic E-state index is 0.395. The van der Waals surface area contributed by atoms with Crippen molar-refractivity contribution in [2.24, 2.45) is 5.73 Å². The van der Waals surface area contributed by atoms with Gasteiger partial charge in [0.15, 0.2) is 0 Å². The summed E-state index contributed by atoms with van der Waals surface area (Å²) < 4.78 is 2.07. The molecule has 22 heavy (non-hydrogen) atoms. The fourth-order valence-electron chi connectivity index (χ4n) is 2.89. The van der Waals surface area contributed by atoms with E-state index in [1.807, 2.05) is 42.7 Å². The van der Waals surface area contributed by atoms with Crippen molar-refractivity contribution in [3.63, 3.8) is 0 Å². The standard InChI is InChI=1S/C19H14N2O/c20-19(22)17-5-3-4-14-10-15-11-16(21-8-1-2-9-21)7-6-13(15)12-18(14)17/h1-12H,(H2,20,22). The molecule has 106 valence electrons. The van der Waals surface area contributed by atoms with Crippen LogP contribution in [0.1, 0.15) is 10.4 Å². The fraction of sp³-hybridized carbons (Fsp3) is 0. The van der Waals surface area contributed by atoms with Gasteiger partial charge in [-0.2, -0.15) is 0 Å². The summed E-state index contributed by atoms with van der Waals surface area (Å²) in [6.07, 6.45) is 4.04. The predicted molar refractivity (Wildman–Crippen MR) is 89.3 cm³/mol. The maximum atomic E-state index is 11.6. The minimum atomic E-state index is -0.395. The zero-order chi connectivity index (χ0) is 15.1. The number of hydrogen-bond donors (Lipinski definition) is 1. The molecule has 0 radical (unpaired) electrons. The molecule has 2 N–H and O–H groups in total. The summed E-state index contributed by atoms with van der Waals surface area (Å²) in [5, 5.41) is 4.15. The smallest absolute Gasteiger partial charge is 0.249 e. The van der Waals surface area contributed by atoms with Crippen LogP contribution in [0.2, 0.25) is 0 Å². The van der Waals surface area contributed by atoms with Crippen LogP contribution in [0, 0.1) is 0 Å². The van der Waals surface area contributed by atoms with E-state index < -0.39 is 5.91 Å². The first-order valence-corrected chi connectivity index (χ1v) is 7.12. The monoisotopic (exact) mass is 286 g/mol. The first-order valence-electron chi connectivity index (χ1n) is 7.12. The molecule has 0 unspecified atom stereocenters. The molecule has 3 heteroatoms. The van der Waals surface area contributed by atoms with Crippen LogP contribution >= 0.6 is 0 Å². The highest BCUT2D eigenvalue weighted by molar-refractivity contribution is 6.10. The van der Waals surface area contributed by atoms with Crippen LogP contribution in [0.25, 0.3) is 27.2 Å². The van der Waals surface area contributed by atoms with E-state index in [0.29, 0.717) is 5.56 Å². The number of aromatic nitrogens is 1. The molecular weight excluding hydrogens is 272 g/mol. The third-order valence-corrected chi connectivity index (χ3v) is 3.99. The van der Waals surface area contributed by atoms with Crippen molar-refractivity contribution in [2.45, 2.75) is 0 Å². The Hall–Kier alpha value is -3.07. The van der Waals surface area contributed by atoms with E-state index in [0.717, 1.165) is 27.2 Å². The number of amides is 1. The molecule has 0 spiro atoms. The van der Waals surface area contributed by atoms with E-state index >= 15 is 0 Å². The van der Waals surface area contributed by atoms with Crippen LogP contribution in [-0.2, 0) is 0 Å².